The van der Waals surface area contributed by atoms with E-state index >= 15 is 0 Å². The number of imidazole rings is 1. The number of carbonyl (C=O) groups is 1. The highest BCUT2D eigenvalue weighted by molar-refractivity contribution is 5.83. The molecule has 0 spiro atoms. The van der Waals surface area contributed by atoms with Crippen molar-refractivity contribution in [2.45, 2.75) is 6.42 Å². The Morgan fingerprint density at radius 1 is 1.57 bits per heavy atom. The Labute approximate surface area is 79.8 Å². The summed E-state index contributed by atoms with van der Waals surface area (Å²) in [4.78, 5) is 15.4. The molecule has 0 saturated carbocycles. The zero-order valence-electron chi connectivity index (χ0n) is 7.34. The lowest BCUT2D eigenvalue weighted by molar-refractivity contribution is 0.0915. The third-order valence-corrected chi connectivity index (χ3v) is 1.84. The molecule has 6 nitrogen and oxygen atoms in total. The van der Waals surface area contributed by atoms with Crippen LogP contribution in [0.4, 0.5) is 5.95 Å². The van der Waals surface area contributed by atoms with Crippen LogP contribution in [0.15, 0.2) is 24.7 Å². The normalized spacial score (nSPS) is 10.3. The van der Waals surface area contributed by atoms with E-state index in [0.717, 1.165) is 5.69 Å². The molecule has 0 atom stereocenters. The molecule has 2 rings (SSSR count). The molecule has 0 radical (unpaired) electrons. The molecule has 0 fully saturated rings. The number of carbonyl (C=O) groups excluding carboxylic acids is 1. The van der Waals surface area contributed by atoms with Gasteiger partial charge in [-0.1, -0.05) is 0 Å². The van der Waals surface area contributed by atoms with E-state index in [4.69, 9.17) is 5.73 Å². The summed E-state index contributed by atoms with van der Waals surface area (Å²) in [6.07, 6.45) is 4.86. The Morgan fingerprint density at radius 2 is 2.43 bits per heavy atom. The summed E-state index contributed by atoms with van der Waals surface area (Å²) in [5.41, 5.74) is 6.23. The van der Waals surface area contributed by atoms with Gasteiger partial charge >= 0.3 is 0 Å². The predicted molar refractivity (Wildman–Crippen MR) is 49.6 cm³/mol. The monoisotopic (exact) mass is 191 g/mol. The number of nitrogen functional groups attached to an aromatic ring is 1. The van der Waals surface area contributed by atoms with Crippen molar-refractivity contribution in [2.75, 3.05) is 5.73 Å². The molecule has 72 valence electrons. The number of hydrogen-bond acceptors (Lipinski definition) is 4. The summed E-state index contributed by atoms with van der Waals surface area (Å²) in [6, 6.07) is 1.74. The summed E-state index contributed by atoms with van der Waals surface area (Å²) in [5.74, 6) is 0.0683. The molecule has 2 aromatic rings. The fraction of sp³-hybridized carbons (Fsp3) is 0.125. The predicted octanol–water partition coefficient (Wildman–Crippen LogP) is 0.0713. The van der Waals surface area contributed by atoms with E-state index in [2.05, 4.69) is 15.2 Å². The van der Waals surface area contributed by atoms with Gasteiger partial charge in [-0.3, -0.25) is 14.5 Å². The van der Waals surface area contributed by atoms with Gasteiger partial charge in [0.25, 0.3) is 0 Å². The van der Waals surface area contributed by atoms with Gasteiger partial charge in [-0.2, -0.15) is 5.10 Å². The Morgan fingerprint density at radius 3 is 3.00 bits per heavy atom. The van der Waals surface area contributed by atoms with Crippen molar-refractivity contribution in [1.29, 1.82) is 0 Å². The van der Waals surface area contributed by atoms with Gasteiger partial charge in [0.1, 0.15) is 0 Å². The summed E-state index contributed by atoms with van der Waals surface area (Å²) in [7, 11) is 0. The number of hydrogen-bond donors (Lipinski definition) is 2. The molecular formula is C8H9N5O. The van der Waals surface area contributed by atoms with E-state index in [1.54, 1.807) is 12.3 Å². The Hall–Kier alpha value is -2.11. The lowest BCUT2D eigenvalue weighted by Crippen LogP contribution is -2.15. The lowest BCUT2D eigenvalue weighted by Gasteiger charge is -2.00. The molecule has 0 aliphatic heterocycles. The highest BCUT2D eigenvalue weighted by Crippen LogP contribution is 2.02. The van der Waals surface area contributed by atoms with Crippen molar-refractivity contribution < 1.29 is 4.79 Å². The van der Waals surface area contributed by atoms with Crippen LogP contribution in [0, 0.1) is 0 Å². The molecule has 0 unspecified atom stereocenters. The van der Waals surface area contributed by atoms with Crippen LogP contribution in [0.2, 0.25) is 0 Å². The average Bonchev–Trinajstić information content (AvgIpc) is 2.75. The molecule has 0 bridgehead atoms. The number of nitrogens with two attached hydrogens (primary N) is 1. The van der Waals surface area contributed by atoms with Gasteiger partial charge in [-0.15, -0.1) is 0 Å². The SMILES string of the molecule is Nc1nccn1C(=O)Cc1ccn[nH]1. The second-order valence-corrected chi connectivity index (χ2v) is 2.81. The average molecular weight is 191 g/mol. The van der Waals surface area contributed by atoms with Crippen LogP contribution in [0.3, 0.4) is 0 Å². The quantitative estimate of drug-likeness (QED) is 0.703. The van der Waals surface area contributed by atoms with Gasteiger partial charge in [-0.05, 0) is 6.07 Å². The minimum Gasteiger partial charge on any atom is -0.369 e. The van der Waals surface area contributed by atoms with E-state index < -0.39 is 0 Å². The zero-order valence-corrected chi connectivity index (χ0v) is 7.34. The first-order valence-corrected chi connectivity index (χ1v) is 4.07. The summed E-state index contributed by atoms with van der Waals surface area (Å²) < 4.78 is 1.31. The minimum absolute atomic E-state index is 0.135. The van der Waals surface area contributed by atoms with Crippen LogP contribution in [0.1, 0.15) is 10.5 Å². The maximum absolute atomic E-state index is 11.6. The number of nitrogens with zero attached hydrogens (tertiary/aromatic N) is 3. The van der Waals surface area contributed by atoms with Crippen molar-refractivity contribution in [1.82, 2.24) is 19.7 Å². The number of H-pyrrole nitrogens is 1. The number of nitrogens with one attached hydrogen (secondary N) is 1. The number of anilines is 1. The molecule has 6 heteroatoms. The van der Waals surface area contributed by atoms with Crippen LogP contribution < -0.4 is 5.73 Å². The fourth-order valence-electron chi connectivity index (χ4n) is 1.16. The highest BCUT2D eigenvalue weighted by Gasteiger charge is 2.09. The van der Waals surface area contributed by atoms with Crippen molar-refractivity contribution >= 4 is 11.9 Å². The third-order valence-electron chi connectivity index (χ3n) is 1.84. The Kier molecular flexibility index (Phi) is 2.02. The smallest absolute Gasteiger partial charge is 0.239 e. The van der Waals surface area contributed by atoms with Crippen molar-refractivity contribution in [2.24, 2.45) is 0 Å². The molecule has 3 N–H and O–H groups in total. The maximum Gasteiger partial charge on any atom is 0.239 e. The van der Waals surface area contributed by atoms with Crippen LogP contribution in [0.5, 0.6) is 0 Å². The first-order chi connectivity index (χ1) is 6.77. The number of aromatic nitrogens is 4. The van der Waals surface area contributed by atoms with Crippen molar-refractivity contribution in [3.8, 4) is 0 Å². The van der Waals surface area contributed by atoms with Crippen LogP contribution >= 0.6 is 0 Å². The molecule has 14 heavy (non-hydrogen) atoms. The molecule has 0 saturated heterocycles. The van der Waals surface area contributed by atoms with E-state index in [0.29, 0.717) is 0 Å². The van der Waals surface area contributed by atoms with Gasteiger partial charge < -0.3 is 5.73 Å². The fourth-order valence-corrected chi connectivity index (χ4v) is 1.16. The second kappa shape index (κ2) is 3.33. The van der Waals surface area contributed by atoms with E-state index in [1.165, 1.54) is 17.0 Å². The summed E-state index contributed by atoms with van der Waals surface area (Å²) in [6.45, 7) is 0. The molecule has 0 aliphatic carbocycles. The first kappa shape index (κ1) is 8.49. The molecular weight excluding hydrogens is 182 g/mol. The molecule has 0 aliphatic rings. The topological polar surface area (TPSA) is 89.6 Å². The molecule has 0 amide bonds. The van der Waals surface area contributed by atoms with E-state index in [1.807, 2.05) is 0 Å². The molecule has 0 aromatic carbocycles. The van der Waals surface area contributed by atoms with Gasteiger partial charge in [0.05, 0.1) is 6.42 Å². The van der Waals surface area contributed by atoms with Gasteiger partial charge in [0.2, 0.25) is 11.9 Å². The van der Waals surface area contributed by atoms with Gasteiger partial charge in [0.15, 0.2) is 0 Å². The summed E-state index contributed by atoms with van der Waals surface area (Å²) in [5, 5.41) is 6.45. The first-order valence-electron chi connectivity index (χ1n) is 4.07. The molecule has 2 heterocycles. The van der Waals surface area contributed by atoms with Crippen LogP contribution in [-0.4, -0.2) is 25.7 Å². The second-order valence-electron chi connectivity index (χ2n) is 2.81. The standard InChI is InChI=1S/C8H9N5O/c9-8-10-3-4-13(8)7(14)5-6-1-2-11-12-6/h1-4H,5H2,(H2,9,10)(H,11,12). The van der Waals surface area contributed by atoms with E-state index in [9.17, 15) is 4.79 Å². The minimum atomic E-state index is -0.135. The Balaban J connectivity index is 2.14. The van der Waals surface area contributed by atoms with E-state index in [-0.39, 0.29) is 18.3 Å². The maximum atomic E-state index is 11.6. The van der Waals surface area contributed by atoms with Crippen molar-refractivity contribution in [3.05, 3.63) is 30.4 Å². The van der Waals surface area contributed by atoms with Crippen LogP contribution in [-0.2, 0) is 6.42 Å². The number of aromatic amines is 1. The summed E-state index contributed by atoms with van der Waals surface area (Å²) >= 11 is 0. The van der Waals surface area contributed by atoms with Crippen LogP contribution in [0.25, 0.3) is 0 Å². The molecule has 2 aromatic heterocycles. The van der Waals surface area contributed by atoms with Gasteiger partial charge in [0, 0.05) is 24.3 Å². The van der Waals surface area contributed by atoms with Crippen molar-refractivity contribution in [3.63, 3.8) is 0 Å². The number of rotatable bonds is 2. The zero-order chi connectivity index (χ0) is 9.97. The highest BCUT2D eigenvalue weighted by atomic mass is 16.2. The third kappa shape index (κ3) is 1.49. The van der Waals surface area contributed by atoms with Gasteiger partial charge in [-0.25, -0.2) is 4.98 Å². The Bertz CT molecular complexity index is 430. The lowest BCUT2D eigenvalue weighted by atomic mass is 10.3. The largest absolute Gasteiger partial charge is 0.369 e.